The van der Waals surface area contributed by atoms with E-state index in [-0.39, 0.29) is 17.0 Å². The van der Waals surface area contributed by atoms with Crippen molar-refractivity contribution < 1.29 is 9.18 Å². The van der Waals surface area contributed by atoms with Gasteiger partial charge in [0.15, 0.2) is 11.0 Å². The van der Waals surface area contributed by atoms with Crippen molar-refractivity contribution in [3.8, 4) is 11.4 Å². The molecule has 0 saturated heterocycles. The number of hydrogen-bond acceptors (Lipinski definition) is 4. The van der Waals surface area contributed by atoms with E-state index in [0.717, 1.165) is 25.7 Å². The van der Waals surface area contributed by atoms with Crippen LogP contribution in [0.25, 0.3) is 11.4 Å². The number of benzene rings is 1. The van der Waals surface area contributed by atoms with Crippen LogP contribution < -0.4 is 5.32 Å². The second-order valence-electron chi connectivity index (χ2n) is 6.43. The van der Waals surface area contributed by atoms with E-state index < -0.39 is 0 Å². The Hall–Kier alpha value is -1.89. The van der Waals surface area contributed by atoms with E-state index in [1.54, 1.807) is 18.2 Å². The number of nitrogens with zero attached hydrogens (tertiary/aromatic N) is 3. The van der Waals surface area contributed by atoms with Crippen LogP contribution >= 0.6 is 11.8 Å². The van der Waals surface area contributed by atoms with Gasteiger partial charge in [-0.1, -0.05) is 23.9 Å². The predicted octanol–water partition coefficient (Wildman–Crippen LogP) is 3.18. The van der Waals surface area contributed by atoms with Crippen LogP contribution in [-0.4, -0.2) is 32.0 Å². The zero-order valence-corrected chi connectivity index (χ0v) is 14.2. The van der Waals surface area contributed by atoms with Crippen LogP contribution in [-0.2, 0) is 4.79 Å². The molecule has 0 aliphatic heterocycles. The Morgan fingerprint density at radius 2 is 2.04 bits per heavy atom. The molecule has 126 valence electrons. The first kappa shape index (κ1) is 15.6. The van der Waals surface area contributed by atoms with Crippen LogP contribution in [0.2, 0.25) is 0 Å². The van der Waals surface area contributed by atoms with E-state index >= 15 is 0 Å². The third kappa shape index (κ3) is 3.17. The highest BCUT2D eigenvalue weighted by Gasteiger charge is 2.33. The Kier molecular flexibility index (Phi) is 4.04. The minimum absolute atomic E-state index is 0.0280. The molecule has 2 fully saturated rings. The van der Waals surface area contributed by atoms with Gasteiger partial charge in [0.1, 0.15) is 5.82 Å². The van der Waals surface area contributed by atoms with Gasteiger partial charge in [0, 0.05) is 12.1 Å². The summed E-state index contributed by atoms with van der Waals surface area (Å²) in [6.45, 7) is 1.87. The van der Waals surface area contributed by atoms with Crippen molar-refractivity contribution in [1.82, 2.24) is 20.1 Å². The van der Waals surface area contributed by atoms with E-state index in [1.165, 1.54) is 17.8 Å². The third-order valence-corrected chi connectivity index (χ3v) is 5.32. The van der Waals surface area contributed by atoms with Crippen LogP contribution in [0.3, 0.4) is 0 Å². The van der Waals surface area contributed by atoms with Gasteiger partial charge in [0.25, 0.3) is 0 Å². The molecule has 0 radical (unpaired) electrons. The first-order valence-electron chi connectivity index (χ1n) is 8.30. The van der Waals surface area contributed by atoms with Gasteiger partial charge < -0.3 is 5.32 Å². The van der Waals surface area contributed by atoms with Crippen LogP contribution in [0.1, 0.15) is 38.6 Å². The van der Waals surface area contributed by atoms with E-state index in [2.05, 4.69) is 15.5 Å². The lowest BCUT2D eigenvalue weighted by Crippen LogP contribution is -2.32. The third-order valence-electron chi connectivity index (χ3n) is 4.27. The quantitative estimate of drug-likeness (QED) is 0.816. The summed E-state index contributed by atoms with van der Waals surface area (Å²) in [6, 6.07) is 7.25. The van der Waals surface area contributed by atoms with E-state index in [0.29, 0.717) is 28.6 Å². The molecule has 7 heteroatoms. The van der Waals surface area contributed by atoms with E-state index in [1.807, 2.05) is 11.5 Å². The number of thioether (sulfide) groups is 1. The monoisotopic (exact) mass is 346 g/mol. The molecule has 24 heavy (non-hydrogen) atoms. The first-order valence-corrected chi connectivity index (χ1v) is 9.18. The molecule has 1 aromatic carbocycles. The molecule has 1 heterocycles. The number of carbonyl (C=O) groups excluding carboxylic acids is 1. The Morgan fingerprint density at radius 3 is 2.71 bits per heavy atom. The van der Waals surface area contributed by atoms with Crippen molar-refractivity contribution in [2.45, 2.75) is 55.1 Å². The van der Waals surface area contributed by atoms with Crippen LogP contribution in [0.15, 0.2) is 29.4 Å². The highest BCUT2D eigenvalue weighted by molar-refractivity contribution is 8.00. The summed E-state index contributed by atoms with van der Waals surface area (Å²) < 4.78 is 16.1. The number of carbonyl (C=O) groups is 1. The number of rotatable bonds is 6. The van der Waals surface area contributed by atoms with E-state index in [9.17, 15) is 9.18 Å². The Bertz CT molecular complexity index is 770. The lowest BCUT2D eigenvalue weighted by atomic mass is 10.2. The fourth-order valence-electron chi connectivity index (χ4n) is 2.60. The molecular formula is C17H19FN4OS. The van der Waals surface area contributed by atoms with Crippen molar-refractivity contribution in [2.75, 3.05) is 0 Å². The molecule has 0 unspecified atom stereocenters. The van der Waals surface area contributed by atoms with Gasteiger partial charge in [-0.25, -0.2) is 4.39 Å². The average molecular weight is 346 g/mol. The minimum atomic E-state index is -0.303. The fourth-order valence-corrected chi connectivity index (χ4v) is 3.53. The second kappa shape index (κ2) is 6.20. The van der Waals surface area contributed by atoms with Crippen LogP contribution in [0.4, 0.5) is 4.39 Å². The largest absolute Gasteiger partial charge is 0.352 e. The van der Waals surface area contributed by atoms with Gasteiger partial charge in [-0.15, -0.1) is 10.2 Å². The summed E-state index contributed by atoms with van der Waals surface area (Å²) in [6.07, 6.45) is 4.21. The molecule has 1 amide bonds. The zero-order valence-electron chi connectivity index (χ0n) is 13.4. The second-order valence-corrected chi connectivity index (χ2v) is 7.74. The number of nitrogens with one attached hydrogen (secondary N) is 1. The Balaban J connectivity index is 1.59. The summed E-state index contributed by atoms with van der Waals surface area (Å²) in [5, 5.41) is 11.9. The van der Waals surface area contributed by atoms with Crippen molar-refractivity contribution in [2.24, 2.45) is 0 Å². The molecule has 1 N–H and O–H groups in total. The average Bonchev–Trinajstić information content (AvgIpc) is 3.49. The number of amides is 1. The summed E-state index contributed by atoms with van der Waals surface area (Å²) in [5.74, 6) is 0.274. The molecule has 4 rings (SSSR count). The molecular weight excluding hydrogens is 327 g/mol. The van der Waals surface area contributed by atoms with Gasteiger partial charge in [0.05, 0.1) is 10.8 Å². The van der Waals surface area contributed by atoms with Crippen molar-refractivity contribution in [3.63, 3.8) is 0 Å². The maximum Gasteiger partial charge on any atom is 0.233 e. The molecule has 2 aliphatic rings. The predicted molar refractivity (Wildman–Crippen MR) is 90.2 cm³/mol. The number of halogens is 1. The number of aromatic nitrogens is 3. The van der Waals surface area contributed by atoms with Crippen molar-refractivity contribution >= 4 is 17.7 Å². The molecule has 1 atom stereocenters. The molecule has 5 nitrogen and oxygen atoms in total. The first-order chi connectivity index (χ1) is 11.6. The lowest BCUT2D eigenvalue weighted by molar-refractivity contribution is -0.120. The summed E-state index contributed by atoms with van der Waals surface area (Å²) in [4.78, 5) is 12.2. The smallest absolute Gasteiger partial charge is 0.233 e. The fraction of sp³-hybridized carbons (Fsp3) is 0.471. The number of hydrogen-bond donors (Lipinski definition) is 1. The maximum atomic E-state index is 14.1. The van der Waals surface area contributed by atoms with Gasteiger partial charge in [0.2, 0.25) is 5.91 Å². The summed E-state index contributed by atoms with van der Waals surface area (Å²) in [7, 11) is 0. The zero-order chi connectivity index (χ0) is 16.7. The van der Waals surface area contributed by atoms with Gasteiger partial charge in [-0.3, -0.25) is 9.36 Å². The molecule has 1 aromatic heterocycles. The van der Waals surface area contributed by atoms with Crippen LogP contribution in [0.5, 0.6) is 0 Å². The molecule has 0 bridgehead atoms. The normalized spacial score (nSPS) is 18.4. The summed E-state index contributed by atoms with van der Waals surface area (Å²) in [5.41, 5.74) is 0.457. The maximum absolute atomic E-state index is 14.1. The Morgan fingerprint density at radius 1 is 1.29 bits per heavy atom. The molecule has 0 spiro atoms. The molecule has 2 aliphatic carbocycles. The van der Waals surface area contributed by atoms with E-state index in [4.69, 9.17) is 0 Å². The summed E-state index contributed by atoms with van der Waals surface area (Å²) >= 11 is 1.39. The highest BCUT2D eigenvalue weighted by Crippen LogP contribution is 2.42. The minimum Gasteiger partial charge on any atom is -0.352 e. The van der Waals surface area contributed by atoms with Gasteiger partial charge >= 0.3 is 0 Å². The SMILES string of the molecule is C[C@@H](Sc1nnc(-c2ccccc2F)n1C1CC1)C(=O)NC1CC1. The van der Waals surface area contributed by atoms with Gasteiger partial charge in [-0.05, 0) is 44.7 Å². The lowest BCUT2D eigenvalue weighted by Gasteiger charge is -2.13. The topological polar surface area (TPSA) is 59.8 Å². The van der Waals surface area contributed by atoms with Gasteiger partial charge in [-0.2, -0.15) is 0 Å². The molecule has 2 aromatic rings. The van der Waals surface area contributed by atoms with Crippen molar-refractivity contribution in [3.05, 3.63) is 30.1 Å². The highest BCUT2D eigenvalue weighted by atomic mass is 32.2. The molecule has 2 saturated carbocycles. The Labute approximate surface area is 144 Å². The van der Waals surface area contributed by atoms with Crippen molar-refractivity contribution in [1.29, 1.82) is 0 Å². The van der Waals surface area contributed by atoms with Crippen LogP contribution in [0, 0.1) is 5.82 Å². The standard InChI is InChI=1S/C17H19FN4OS/c1-10(16(23)19-11-6-7-11)24-17-21-20-15(22(17)12-8-9-12)13-4-2-3-5-14(13)18/h2-5,10-12H,6-9H2,1H3,(H,19,23)/t10-/m1/s1.